The van der Waals surface area contributed by atoms with E-state index in [9.17, 15) is 0 Å². The second-order valence-electron chi connectivity index (χ2n) is 8.72. The average Bonchev–Trinajstić information content (AvgIpc) is 2.90. The molecular formula is C24H26Si. The summed E-state index contributed by atoms with van der Waals surface area (Å²) in [7, 11) is -1.17. The average molecular weight is 343 g/mol. The fraction of sp³-hybridized carbons (Fsp3) is 0.333. The third-order valence-corrected chi connectivity index (χ3v) is 10.1. The zero-order valence-electron chi connectivity index (χ0n) is 15.4. The Hall–Kier alpha value is -1.86. The molecule has 3 atom stereocenters. The third-order valence-electron chi connectivity index (χ3n) is 6.66. The monoisotopic (exact) mass is 342 g/mol. The van der Waals surface area contributed by atoms with Crippen LogP contribution in [-0.2, 0) is 0 Å². The van der Waals surface area contributed by atoms with Crippen molar-refractivity contribution in [3.8, 4) is 0 Å². The lowest BCUT2D eigenvalue weighted by Crippen LogP contribution is -2.20. The molecule has 126 valence electrons. The van der Waals surface area contributed by atoms with Gasteiger partial charge in [0.05, 0.1) is 0 Å². The van der Waals surface area contributed by atoms with E-state index in [1.54, 1.807) is 16.3 Å². The minimum Gasteiger partial charge on any atom is -0.0764 e. The molecule has 0 nitrogen and oxygen atoms in total. The van der Waals surface area contributed by atoms with Crippen LogP contribution < -0.4 is 0 Å². The molecule has 0 N–H and O–H groups in total. The molecule has 0 fully saturated rings. The van der Waals surface area contributed by atoms with E-state index in [0.717, 1.165) is 5.92 Å². The summed E-state index contributed by atoms with van der Waals surface area (Å²) in [6.07, 6.45) is 7.33. The molecule has 0 aromatic heterocycles. The number of hydrogen-bond donors (Lipinski definition) is 0. The van der Waals surface area contributed by atoms with Gasteiger partial charge in [0.1, 0.15) is 8.07 Å². The first-order chi connectivity index (χ1) is 12.1. The summed E-state index contributed by atoms with van der Waals surface area (Å²) in [5.74, 6) is 2.07. The van der Waals surface area contributed by atoms with E-state index in [1.165, 1.54) is 24.0 Å². The predicted octanol–water partition coefficient (Wildman–Crippen LogP) is 6.56. The Morgan fingerprint density at radius 1 is 0.920 bits per heavy atom. The van der Waals surface area contributed by atoms with Gasteiger partial charge in [-0.15, -0.1) is 0 Å². The van der Waals surface area contributed by atoms with Crippen LogP contribution in [0.4, 0.5) is 0 Å². The second kappa shape index (κ2) is 5.31. The van der Waals surface area contributed by atoms with Crippen LogP contribution >= 0.6 is 0 Å². The maximum Gasteiger partial charge on any atom is 0.108 e. The Kier molecular flexibility index (Phi) is 3.27. The highest BCUT2D eigenvalue weighted by Gasteiger charge is 2.56. The van der Waals surface area contributed by atoms with Gasteiger partial charge < -0.3 is 0 Å². The van der Waals surface area contributed by atoms with Crippen molar-refractivity contribution >= 4 is 19.3 Å². The number of hydrogen-bond acceptors (Lipinski definition) is 0. The van der Waals surface area contributed by atoms with Crippen molar-refractivity contribution in [3.63, 3.8) is 0 Å². The zero-order chi connectivity index (χ0) is 17.2. The molecule has 1 heterocycles. The third kappa shape index (κ3) is 2.25. The molecule has 3 unspecified atom stereocenters. The van der Waals surface area contributed by atoms with Gasteiger partial charge in [-0.1, -0.05) is 91.1 Å². The van der Waals surface area contributed by atoms with E-state index in [0.29, 0.717) is 11.8 Å². The Bertz CT molecular complexity index is 915. The fourth-order valence-corrected chi connectivity index (χ4v) is 9.58. The van der Waals surface area contributed by atoms with E-state index in [1.807, 2.05) is 5.20 Å². The highest BCUT2D eigenvalue weighted by atomic mass is 28.3. The van der Waals surface area contributed by atoms with Gasteiger partial charge in [-0.05, 0) is 41.0 Å². The van der Waals surface area contributed by atoms with Crippen LogP contribution in [-0.4, -0.2) is 8.07 Å². The minimum absolute atomic E-state index is 0.612. The van der Waals surface area contributed by atoms with Gasteiger partial charge in [0.2, 0.25) is 0 Å². The molecule has 0 amide bonds. The smallest absolute Gasteiger partial charge is 0.0764 e. The molecule has 25 heavy (non-hydrogen) atoms. The summed E-state index contributed by atoms with van der Waals surface area (Å²) in [5.41, 5.74) is 6.17. The summed E-state index contributed by atoms with van der Waals surface area (Å²) in [5, 5.41) is 3.65. The van der Waals surface area contributed by atoms with Crippen molar-refractivity contribution in [2.75, 3.05) is 0 Å². The van der Waals surface area contributed by atoms with Crippen LogP contribution in [0.2, 0.25) is 13.1 Å². The molecule has 0 saturated carbocycles. The normalized spacial score (nSPS) is 25.6. The zero-order valence-corrected chi connectivity index (χ0v) is 16.4. The van der Waals surface area contributed by atoms with Gasteiger partial charge in [-0.25, -0.2) is 0 Å². The second-order valence-corrected chi connectivity index (χ2v) is 13.0. The lowest BCUT2D eigenvalue weighted by atomic mass is 9.84. The first kappa shape index (κ1) is 15.4. The number of benzene rings is 2. The van der Waals surface area contributed by atoms with Crippen molar-refractivity contribution in [2.24, 2.45) is 5.92 Å². The van der Waals surface area contributed by atoms with E-state index >= 15 is 0 Å². The van der Waals surface area contributed by atoms with Gasteiger partial charge in [0.15, 0.2) is 0 Å². The van der Waals surface area contributed by atoms with Crippen molar-refractivity contribution < 1.29 is 0 Å². The Morgan fingerprint density at radius 3 is 2.48 bits per heavy atom. The predicted molar refractivity (Wildman–Crippen MR) is 110 cm³/mol. The van der Waals surface area contributed by atoms with Crippen molar-refractivity contribution in [3.05, 3.63) is 82.1 Å². The Morgan fingerprint density at radius 2 is 1.64 bits per heavy atom. The van der Waals surface area contributed by atoms with Crippen LogP contribution in [0.5, 0.6) is 0 Å². The molecule has 2 aromatic rings. The van der Waals surface area contributed by atoms with Crippen LogP contribution in [0.3, 0.4) is 0 Å². The maximum absolute atomic E-state index is 2.54. The van der Waals surface area contributed by atoms with Gasteiger partial charge in [-0.2, -0.15) is 0 Å². The van der Waals surface area contributed by atoms with Gasteiger partial charge in [0.25, 0.3) is 0 Å². The molecule has 2 aromatic carbocycles. The quantitative estimate of drug-likeness (QED) is 0.552. The highest BCUT2D eigenvalue weighted by molar-refractivity contribution is 7.13. The van der Waals surface area contributed by atoms with Gasteiger partial charge >= 0.3 is 0 Å². The summed E-state index contributed by atoms with van der Waals surface area (Å²) < 4.78 is 0. The van der Waals surface area contributed by atoms with Crippen LogP contribution in [0.25, 0.3) is 11.3 Å². The Balaban J connectivity index is 1.35. The first-order valence-corrected chi connectivity index (χ1v) is 12.7. The highest BCUT2D eigenvalue weighted by Crippen LogP contribution is 2.63. The standard InChI is InChI=1S/C24H26Si/c1-16(14-18-13-12-17-8-4-5-9-19(17)18)15-22-20-10-6-7-11-21(20)23-24(22)25(23,2)3/h4-13,16,18,22H,14-15H2,1-3H3. The largest absolute Gasteiger partial charge is 0.108 e. The minimum atomic E-state index is -1.17. The maximum atomic E-state index is 2.54. The molecule has 0 radical (unpaired) electrons. The lowest BCUT2D eigenvalue weighted by molar-refractivity contribution is 0.452. The van der Waals surface area contributed by atoms with Crippen molar-refractivity contribution in [1.29, 1.82) is 0 Å². The first-order valence-electron chi connectivity index (χ1n) is 9.69. The topological polar surface area (TPSA) is 0 Å². The SMILES string of the molecule is CC(CC1C=Cc2ccccc21)CC1C2=C(c3ccccc31)[Si]2(C)C. The van der Waals surface area contributed by atoms with E-state index < -0.39 is 8.07 Å². The van der Waals surface area contributed by atoms with Crippen LogP contribution in [0.15, 0.2) is 59.8 Å². The fourth-order valence-electron chi connectivity index (χ4n) is 5.48. The summed E-state index contributed by atoms with van der Waals surface area (Å²) in [6, 6.07) is 18.1. The Labute approximate surface area is 152 Å². The molecular weight excluding hydrogens is 316 g/mol. The van der Waals surface area contributed by atoms with Gasteiger partial charge in [-0.3, -0.25) is 0 Å². The van der Waals surface area contributed by atoms with E-state index in [-0.39, 0.29) is 0 Å². The number of rotatable bonds is 4. The lowest BCUT2D eigenvalue weighted by Gasteiger charge is -2.26. The number of allylic oxidation sites excluding steroid dienone is 2. The molecule has 0 bridgehead atoms. The molecule has 0 spiro atoms. The van der Waals surface area contributed by atoms with E-state index in [2.05, 4.69) is 80.7 Å². The van der Waals surface area contributed by atoms with Gasteiger partial charge in [0, 0.05) is 11.8 Å². The summed E-state index contributed by atoms with van der Waals surface area (Å²) in [4.78, 5) is 0. The molecule has 1 aliphatic heterocycles. The van der Waals surface area contributed by atoms with Crippen LogP contribution in [0, 0.1) is 5.92 Å². The summed E-state index contributed by atoms with van der Waals surface area (Å²) in [6.45, 7) is 7.55. The molecule has 1 heteroatoms. The molecule has 5 rings (SSSR count). The molecule has 2 aliphatic carbocycles. The number of fused-ring (bicyclic) bond motifs is 3. The van der Waals surface area contributed by atoms with E-state index in [4.69, 9.17) is 0 Å². The summed E-state index contributed by atoms with van der Waals surface area (Å²) >= 11 is 0. The molecule has 3 aliphatic rings. The van der Waals surface area contributed by atoms with Crippen molar-refractivity contribution in [2.45, 2.75) is 44.7 Å². The molecule has 0 saturated heterocycles. The van der Waals surface area contributed by atoms with Crippen LogP contribution in [0.1, 0.15) is 53.9 Å². The van der Waals surface area contributed by atoms with Crippen molar-refractivity contribution in [1.82, 2.24) is 0 Å².